The highest BCUT2D eigenvalue weighted by atomic mass is 35.5. The van der Waals surface area contributed by atoms with Crippen molar-refractivity contribution in [3.8, 4) is 11.3 Å². The van der Waals surface area contributed by atoms with Gasteiger partial charge in [0.05, 0.1) is 35.2 Å². The molecule has 10 nitrogen and oxygen atoms in total. The number of carbonyl (C=O) groups is 1. The fourth-order valence-electron chi connectivity index (χ4n) is 3.04. The molecule has 3 heterocycles. The highest BCUT2D eigenvalue weighted by Gasteiger charge is 2.25. The van der Waals surface area contributed by atoms with E-state index < -0.39 is 16.0 Å². The standard InChI is InChI=1S/C23H19ClN6O4S/c1-15-21(29-23-26-10-8-20(28-23)17-6-4-9-25-13-17)12-19(14-27-15)30(34-35(2,32)33)22(31)16-5-3-7-18(24)11-16/h3-14H,1-2H3,(H,26,28,29). The molecule has 0 bridgehead atoms. The predicted molar refractivity (Wildman–Crippen MR) is 132 cm³/mol. The van der Waals surface area contributed by atoms with Gasteiger partial charge < -0.3 is 5.32 Å². The van der Waals surface area contributed by atoms with Crippen LogP contribution in [0.5, 0.6) is 0 Å². The van der Waals surface area contributed by atoms with E-state index in [1.165, 1.54) is 24.4 Å². The van der Waals surface area contributed by atoms with Gasteiger partial charge in [-0.05, 0) is 49.4 Å². The lowest BCUT2D eigenvalue weighted by Crippen LogP contribution is -2.33. The van der Waals surface area contributed by atoms with Gasteiger partial charge >= 0.3 is 0 Å². The van der Waals surface area contributed by atoms with Crippen LogP contribution in [-0.2, 0) is 14.4 Å². The molecule has 0 aliphatic carbocycles. The zero-order valence-electron chi connectivity index (χ0n) is 18.6. The van der Waals surface area contributed by atoms with Gasteiger partial charge in [0.25, 0.3) is 16.0 Å². The van der Waals surface area contributed by atoms with E-state index >= 15 is 0 Å². The summed E-state index contributed by atoms with van der Waals surface area (Å²) < 4.78 is 28.9. The first-order valence-corrected chi connectivity index (χ1v) is 12.4. The van der Waals surface area contributed by atoms with Gasteiger partial charge in [-0.25, -0.2) is 9.97 Å². The molecule has 0 aliphatic heterocycles. The minimum atomic E-state index is -4.06. The van der Waals surface area contributed by atoms with Crippen LogP contribution in [0, 0.1) is 6.92 Å². The highest BCUT2D eigenvalue weighted by molar-refractivity contribution is 7.86. The molecule has 0 atom stereocenters. The number of halogens is 1. The highest BCUT2D eigenvalue weighted by Crippen LogP contribution is 2.27. The van der Waals surface area contributed by atoms with Gasteiger partial charge in [-0.3, -0.25) is 14.8 Å². The monoisotopic (exact) mass is 510 g/mol. The average molecular weight is 511 g/mol. The summed E-state index contributed by atoms with van der Waals surface area (Å²) in [4.78, 5) is 30.2. The zero-order valence-corrected chi connectivity index (χ0v) is 20.2. The number of hydrogen-bond acceptors (Lipinski definition) is 9. The van der Waals surface area contributed by atoms with Crippen molar-refractivity contribution in [2.75, 3.05) is 16.6 Å². The van der Waals surface area contributed by atoms with Crippen molar-refractivity contribution in [3.05, 3.63) is 89.6 Å². The first kappa shape index (κ1) is 24.2. The van der Waals surface area contributed by atoms with E-state index in [9.17, 15) is 13.2 Å². The zero-order chi connectivity index (χ0) is 25.0. The number of benzene rings is 1. The predicted octanol–water partition coefficient (Wildman–Crippen LogP) is 4.18. The largest absolute Gasteiger partial charge is 0.322 e. The molecule has 0 spiro atoms. The van der Waals surface area contributed by atoms with Crippen LogP contribution in [0.1, 0.15) is 16.1 Å². The number of hydroxylamine groups is 1. The first-order chi connectivity index (χ1) is 16.7. The summed E-state index contributed by atoms with van der Waals surface area (Å²) in [5, 5.41) is 4.01. The van der Waals surface area contributed by atoms with Crippen molar-refractivity contribution in [1.29, 1.82) is 0 Å². The second-order valence-corrected chi connectivity index (χ2v) is 9.34. The Kier molecular flexibility index (Phi) is 7.01. The maximum atomic E-state index is 13.1. The Morgan fingerprint density at radius 1 is 1.06 bits per heavy atom. The summed E-state index contributed by atoms with van der Waals surface area (Å²) in [6, 6.07) is 13.0. The van der Waals surface area contributed by atoms with Crippen molar-refractivity contribution in [2.24, 2.45) is 0 Å². The van der Waals surface area contributed by atoms with Gasteiger partial charge in [0, 0.05) is 34.7 Å². The number of anilines is 3. The van der Waals surface area contributed by atoms with E-state index in [-0.39, 0.29) is 17.2 Å². The average Bonchev–Trinajstić information content (AvgIpc) is 2.84. The van der Waals surface area contributed by atoms with Gasteiger partial charge in [-0.2, -0.15) is 13.5 Å². The number of aromatic nitrogens is 4. The Bertz CT molecular complexity index is 1480. The SMILES string of the molecule is Cc1ncc(N(OS(C)(=O)=O)C(=O)c2cccc(Cl)c2)cc1Nc1nccc(-c2cccnc2)n1. The lowest BCUT2D eigenvalue weighted by Gasteiger charge is -2.21. The third-order valence-corrected chi connectivity index (χ3v) is 5.29. The molecular weight excluding hydrogens is 492 g/mol. The van der Waals surface area contributed by atoms with Gasteiger partial charge in [0.1, 0.15) is 0 Å². The molecule has 3 aromatic heterocycles. The van der Waals surface area contributed by atoms with E-state index in [2.05, 4.69) is 25.3 Å². The van der Waals surface area contributed by atoms with Crippen LogP contribution in [0.25, 0.3) is 11.3 Å². The van der Waals surface area contributed by atoms with Crippen molar-refractivity contribution < 1.29 is 17.5 Å². The third kappa shape index (κ3) is 6.15. The third-order valence-electron chi connectivity index (χ3n) is 4.63. The molecule has 1 aromatic carbocycles. The fraction of sp³-hybridized carbons (Fsp3) is 0.0870. The number of amides is 1. The van der Waals surface area contributed by atoms with Crippen LogP contribution >= 0.6 is 11.6 Å². The number of hydrogen-bond donors (Lipinski definition) is 1. The van der Waals surface area contributed by atoms with Crippen LogP contribution in [0.3, 0.4) is 0 Å². The topological polar surface area (TPSA) is 127 Å². The van der Waals surface area contributed by atoms with Crippen molar-refractivity contribution in [2.45, 2.75) is 6.92 Å². The quantitative estimate of drug-likeness (QED) is 0.364. The van der Waals surface area contributed by atoms with Crippen LogP contribution in [-0.4, -0.2) is 40.5 Å². The maximum Gasteiger partial charge on any atom is 0.285 e. The van der Waals surface area contributed by atoms with Crippen LogP contribution < -0.4 is 10.4 Å². The lowest BCUT2D eigenvalue weighted by atomic mass is 10.2. The Morgan fingerprint density at radius 2 is 1.89 bits per heavy atom. The van der Waals surface area contributed by atoms with Crippen molar-refractivity contribution in [1.82, 2.24) is 19.9 Å². The number of rotatable bonds is 7. The van der Waals surface area contributed by atoms with E-state index in [0.717, 1.165) is 11.8 Å². The second-order valence-electron chi connectivity index (χ2n) is 7.35. The van der Waals surface area contributed by atoms with E-state index in [4.69, 9.17) is 15.9 Å². The van der Waals surface area contributed by atoms with Gasteiger partial charge in [0.15, 0.2) is 0 Å². The van der Waals surface area contributed by atoms with E-state index in [1.807, 2.05) is 6.07 Å². The molecule has 1 amide bonds. The number of nitrogens with zero attached hydrogens (tertiary/aromatic N) is 5. The second kappa shape index (κ2) is 10.1. The molecular formula is C23H19ClN6O4S. The van der Waals surface area contributed by atoms with Crippen LogP contribution in [0.15, 0.2) is 73.3 Å². The summed E-state index contributed by atoms with van der Waals surface area (Å²) in [6.45, 7) is 1.73. The molecule has 0 saturated carbocycles. The molecule has 0 fully saturated rings. The van der Waals surface area contributed by atoms with E-state index in [0.29, 0.717) is 27.2 Å². The van der Waals surface area contributed by atoms with Gasteiger partial charge in [-0.15, -0.1) is 4.28 Å². The van der Waals surface area contributed by atoms with Crippen LogP contribution in [0.2, 0.25) is 5.02 Å². The number of aryl methyl sites for hydroxylation is 1. The lowest BCUT2D eigenvalue weighted by molar-refractivity contribution is 0.0885. The summed E-state index contributed by atoms with van der Waals surface area (Å²) in [5.74, 6) is -0.477. The summed E-state index contributed by atoms with van der Waals surface area (Å²) >= 11 is 6.00. The van der Waals surface area contributed by atoms with Gasteiger partial charge in [0.2, 0.25) is 5.95 Å². The molecule has 0 saturated heterocycles. The minimum absolute atomic E-state index is 0.0666. The van der Waals surface area contributed by atoms with Crippen LogP contribution in [0.4, 0.5) is 17.3 Å². The molecule has 0 aliphatic rings. The smallest absolute Gasteiger partial charge is 0.285 e. The molecule has 35 heavy (non-hydrogen) atoms. The molecule has 0 radical (unpaired) electrons. The van der Waals surface area contributed by atoms with Gasteiger partial charge in [-0.1, -0.05) is 17.7 Å². The Morgan fingerprint density at radius 3 is 2.60 bits per heavy atom. The molecule has 12 heteroatoms. The summed E-state index contributed by atoms with van der Waals surface area (Å²) in [5.41, 5.74) is 2.64. The molecule has 4 aromatic rings. The maximum absolute atomic E-state index is 13.1. The molecule has 4 rings (SSSR count). The van der Waals surface area contributed by atoms with E-state index in [1.54, 1.807) is 49.8 Å². The summed E-state index contributed by atoms with van der Waals surface area (Å²) in [6.07, 6.45) is 7.09. The fourth-order valence-corrected chi connectivity index (χ4v) is 3.66. The molecule has 1 N–H and O–H groups in total. The molecule has 178 valence electrons. The normalized spacial score (nSPS) is 11.2. The minimum Gasteiger partial charge on any atom is -0.322 e. The summed E-state index contributed by atoms with van der Waals surface area (Å²) in [7, 11) is -4.06. The van der Waals surface area contributed by atoms with Crippen molar-refractivity contribution in [3.63, 3.8) is 0 Å². The van der Waals surface area contributed by atoms with Crippen molar-refractivity contribution >= 4 is 44.9 Å². The number of carbonyl (C=O) groups excluding carboxylic acids is 1. The molecule has 0 unspecified atom stereocenters. The Balaban J connectivity index is 1.69. The number of pyridine rings is 2. The Hall–Kier alpha value is -3.93. The number of nitrogens with one attached hydrogen (secondary N) is 1. The first-order valence-electron chi connectivity index (χ1n) is 10.2. The Labute approximate surface area is 206 Å².